The van der Waals surface area contributed by atoms with Gasteiger partial charge < -0.3 is 9.72 Å². The van der Waals surface area contributed by atoms with Crippen molar-refractivity contribution in [2.75, 3.05) is 6.61 Å². The van der Waals surface area contributed by atoms with Crippen molar-refractivity contribution in [1.29, 1.82) is 0 Å². The largest absolute Gasteiger partial charge is 0.493 e. The first-order chi connectivity index (χ1) is 11.6. The Hall–Kier alpha value is -2.67. The lowest BCUT2D eigenvalue weighted by Gasteiger charge is -2.08. The number of aromatic amines is 2. The van der Waals surface area contributed by atoms with Crippen LogP contribution in [0.1, 0.15) is 23.9 Å². The number of aryl methyl sites for hydroxylation is 2. The molecule has 0 radical (unpaired) electrons. The van der Waals surface area contributed by atoms with Crippen LogP contribution in [0.25, 0.3) is 11.4 Å². The van der Waals surface area contributed by atoms with E-state index in [-0.39, 0.29) is 0 Å². The van der Waals surface area contributed by atoms with Crippen molar-refractivity contribution in [3.05, 3.63) is 52.1 Å². The number of ether oxygens (including phenoxy) is 1. The number of aromatic nitrogens is 4. The molecular weight excluding hydrogens is 322 g/mol. The maximum atomic E-state index is 5.68. The van der Waals surface area contributed by atoms with Crippen molar-refractivity contribution in [2.45, 2.75) is 20.8 Å². The maximum absolute atomic E-state index is 5.68. The van der Waals surface area contributed by atoms with Crippen LogP contribution in [-0.4, -0.2) is 32.7 Å². The van der Waals surface area contributed by atoms with Crippen LogP contribution >= 0.6 is 12.2 Å². The second-order valence-electron chi connectivity index (χ2n) is 5.37. The molecule has 3 rings (SSSR count). The third-order valence-electron chi connectivity index (χ3n) is 3.58. The van der Waals surface area contributed by atoms with Gasteiger partial charge in [-0.25, -0.2) is 5.10 Å². The molecular formula is C17H19N5OS. The highest BCUT2D eigenvalue weighted by Gasteiger charge is 2.13. The molecule has 0 fully saturated rings. The first kappa shape index (κ1) is 16.2. The molecule has 7 heteroatoms. The van der Waals surface area contributed by atoms with E-state index < -0.39 is 0 Å². The smallest absolute Gasteiger partial charge is 0.216 e. The van der Waals surface area contributed by atoms with E-state index in [4.69, 9.17) is 17.0 Å². The van der Waals surface area contributed by atoms with Crippen molar-refractivity contribution < 1.29 is 4.74 Å². The van der Waals surface area contributed by atoms with Crippen molar-refractivity contribution >= 4 is 18.4 Å². The molecule has 124 valence electrons. The van der Waals surface area contributed by atoms with Crippen molar-refractivity contribution in [3.63, 3.8) is 0 Å². The van der Waals surface area contributed by atoms with Gasteiger partial charge in [0.15, 0.2) is 5.82 Å². The third-order valence-corrected chi connectivity index (χ3v) is 3.84. The van der Waals surface area contributed by atoms with Gasteiger partial charge in [0.05, 0.1) is 18.4 Å². The number of hydrogen-bond acceptors (Lipinski definition) is 4. The van der Waals surface area contributed by atoms with Crippen molar-refractivity contribution in [1.82, 2.24) is 19.9 Å². The molecule has 0 unspecified atom stereocenters. The number of benzene rings is 1. The number of nitrogens with zero attached hydrogens (tertiary/aromatic N) is 3. The lowest BCUT2D eigenvalue weighted by molar-refractivity contribution is 0.341. The van der Waals surface area contributed by atoms with Gasteiger partial charge in [-0.2, -0.15) is 14.9 Å². The zero-order valence-electron chi connectivity index (χ0n) is 13.8. The molecule has 24 heavy (non-hydrogen) atoms. The summed E-state index contributed by atoms with van der Waals surface area (Å²) in [6.45, 7) is 6.54. The number of H-pyrrole nitrogens is 2. The Balaban J connectivity index is 2.04. The van der Waals surface area contributed by atoms with Crippen LogP contribution in [0.5, 0.6) is 5.75 Å². The normalized spacial score (nSPS) is 11.3. The Morgan fingerprint density at radius 2 is 2.12 bits per heavy atom. The quantitative estimate of drug-likeness (QED) is 0.547. The predicted molar refractivity (Wildman–Crippen MR) is 97.3 cm³/mol. The fraction of sp³-hybridized carbons (Fsp3) is 0.235. The number of nitrogens with one attached hydrogen (secondary N) is 2. The summed E-state index contributed by atoms with van der Waals surface area (Å²) in [5.41, 5.74) is 4.00. The topological polar surface area (TPSA) is 71.0 Å². The minimum Gasteiger partial charge on any atom is -0.493 e. The van der Waals surface area contributed by atoms with Crippen LogP contribution in [0.4, 0.5) is 0 Å². The Bertz CT molecular complexity index is 935. The summed E-state index contributed by atoms with van der Waals surface area (Å²) in [5, 5.41) is 11.6. The van der Waals surface area contributed by atoms with E-state index in [1.165, 1.54) is 0 Å². The van der Waals surface area contributed by atoms with Gasteiger partial charge in [-0.05, 0) is 51.2 Å². The van der Waals surface area contributed by atoms with E-state index in [1.807, 2.05) is 51.1 Å². The SMILES string of the molecule is CCOc1ccccc1-c1n[nH]c(=S)n1/N=C/c1cc(C)[nH]c1C. The van der Waals surface area contributed by atoms with Gasteiger partial charge >= 0.3 is 0 Å². The molecule has 0 atom stereocenters. The van der Waals surface area contributed by atoms with Crippen molar-refractivity contribution in [3.8, 4) is 17.1 Å². The molecule has 0 aliphatic rings. The fourth-order valence-corrected chi connectivity index (χ4v) is 2.68. The highest BCUT2D eigenvalue weighted by molar-refractivity contribution is 7.71. The Labute approximate surface area is 145 Å². The molecule has 0 saturated carbocycles. The summed E-state index contributed by atoms with van der Waals surface area (Å²) in [5.74, 6) is 1.37. The van der Waals surface area contributed by atoms with Gasteiger partial charge in [0.1, 0.15) is 5.75 Å². The van der Waals surface area contributed by atoms with Crippen LogP contribution in [0.15, 0.2) is 35.4 Å². The minimum absolute atomic E-state index is 0.428. The predicted octanol–water partition coefficient (Wildman–Crippen LogP) is 3.83. The molecule has 6 nitrogen and oxygen atoms in total. The van der Waals surface area contributed by atoms with Gasteiger partial charge in [0.25, 0.3) is 0 Å². The number of rotatable bonds is 5. The van der Waals surface area contributed by atoms with E-state index in [0.717, 1.165) is 28.3 Å². The van der Waals surface area contributed by atoms with Gasteiger partial charge in [0.2, 0.25) is 4.77 Å². The molecule has 2 aromatic heterocycles. The highest BCUT2D eigenvalue weighted by Crippen LogP contribution is 2.28. The molecule has 3 aromatic rings. The summed E-state index contributed by atoms with van der Waals surface area (Å²) in [6.07, 6.45) is 1.77. The molecule has 0 spiro atoms. The maximum Gasteiger partial charge on any atom is 0.216 e. The molecule has 1 aromatic carbocycles. The lowest BCUT2D eigenvalue weighted by atomic mass is 10.2. The first-order valence-corrected chi connectivity index (χ1v) is 8.11. The minimum atomic E-state index is 0.428. The number of hydrogen-bond donors (Lipinski definition) is 2. The Morgan fingerprint density at radius 1 is 1.33 bits per heavy atom. The van der Waals surface area contributed by atoms with Crippen molar-refractivity contribution in [2.24, 2.45) is 5.10 Å². The van der Waals surface area contributed by atoms with Crippen LogP contribution in [0, 0.1) is 18.6 Å². The Kier molecular flexibility index (Phi) is 4.61. The van der Waals surface area contributed by atoms with E-state index >= 15 is 0 Å². The second-order valence-corrected chi connectivity index (χ2v) is 5.76. The van der Waals surface area contributed by atoms with E-state index in [0.29, 0.717) is 17.2 Å². The first-order valence-electron chi connectivity index (χ1n) is 7.70. The molecule has 0 bridgehead atoms. The summed E-state index contributed by atoms with van der Waals surface area (Å²) in [4.78, 5) is 3.25. The van der Waals surface area contributed by atoms with Crippen LogP contribution in [0.2, 0.25) is 0 Å². The Morgan fingerprint density at radius 3 is 2.83 bits per heavy atom. The lowest BCUT2D eigenvalue weighted by Crippen LogP contribution is -1.99. The van der Waals surface area contributed by atoms with Gasteiger partial charge in [-0.1, -0.05) is 12.1 Å². The summed E-state index contributed by atoms with van der Waals surface area (Å²) < 4.78 is 7.72. The van der Waals surface area contributed by atoms with Gasteiger partial charge in [-0.15, -0.1) is 0 Å². The fourth-order valence-electron chi connectivity index (χ4n) is 2.51. The molecule has 0 aliphatic heterocycles. The van der Waals surface area contributed by atoms with E-state index in [2.05, 4.69) is 20.3 Å². The average Bonchev–Trinajstić information content (AvgIpc) is 3.08. The summed E-state index contributed by atoms with van der Waals surface area (Å²) in [7, 11) is 0. The summed E-state index contributed by atoms with van der Waals surface area (Å²) >= 11 is 5.32. The molecule has 2 heterocycles. The van der Waals surface area contributed by atoms with Crippen LogP contribution < -0.4 is 4.74 Å². The van der Waals surface area contributed by atoms with E-state index in [1.54, 1.807) is 10.9 Å². The standard InChI is InChI=1S/C17H19N5OS/c1-4-23-15-8-6-5-7-14(15)16-20-21-17(24)22(16)18-10-13-9-11(2)19-12(13)3/h5-10,19H,4H2,1-3H3,(H,21,24)/b18-10+. The molecule has 0 aliphatic carbocycles. The summed E-state index contributed by atoms with van der Waals surface area (Å²) in [6, 6.07) is 9.74. The van der Waals surface area contributed by atoms with Gasteiger partial charge in [0, 0.05) is 17.0 Å². The van der Waals surface area contributed by atoms with E-state index in [9.17, 15) is 0 Å². The molecule has 0 amide bonds. The molecule has 0 saturated heterocycles. The average molecular weight is 341 g/mol. The number of para-hydroxylation sites is 1. The monoisotopic (exact) mass is 341 g/mol. The molecule has 2 N–H and O–H groups in total. The van der Waals surface area contributed by atoms with Crippen LogP contribution in [-0.2, 0) is 0 Å². The second kappa shape index (κ2) is 6.84. The highest BCUT2D eigenvalue weighted by atomic mass is 32.1. The van der Waals surface area contributed by atoms with Gasteiger partial charge in [-0.3, -0.25) is 0 Å². The zero-order valence-corrected chi connectivity index (χ0v) is 14.6. The zero-order chi connectivity index (χ0) is 17.1. The third kappa shape index (κ3) is 3.16. The van der Waals surface area contributed by atoms with Crippen LogP contribution in [0.3, 0.4) is 0 Å².